The highest BCUT2D eigenvalue weighted by Gasteiger charge is 2.52. The molecule has 41 heavy (non-hydrogen) atoms. The lowest BCUT2D eigenvalue weighted by Gasteiger charge is -2.29. The average Bonchev–Trinajstić information content (AvgIpc) is 3.52. The zero-order valence-corrected chi connectivity index (χ0v) is 22.3. The molecule has 0 N–H and O–H groups in total. The Morgan fingerprint density at radius 1 is 0.439 bits per heavy atom. The Balaban J connectivity index is 1.26. The van der Waals surface area contributed by atoms with E-state index in [-0.39, 0.29) is 0 Å². The molecule has 0 saturated heterocycles. The summed E-state index contributed by atoms with van der Waals surface area (Å²) in [5.74, 6) is 0.747. The molecule has 6 aromatic carbocycles. The second-order valence-electron chi connectivity index (χ2n) is 11.0. The molecule has 0 radical (unpaired) electrons. The van der Waals surface area contributed by atoms with Gasteiger partial charge in [-0.2, -0.15) is 0 Å². The van der Waals surface area contributed by atoms with Gasteiger partial charge in [-0.05, 0) is 55.8 Å². The van der Waals surface area contributed by atoms with Gasteiger partial charge in [-0.25, -0.2) is 9.97 Å². The first-order chi connectivity index (χ1) is 20.3. The molecule has 1 heterocycles. The highest BCUT2D eigenvalue weighted by atomic mass is 14.9. The second-order valence-corrected chi connectivity index (χ2v) is 11.0. The van der Waals surface area contributed by atoms with Crippen molar-refractivity contribution in [1.82, 2.24) is 9.97 Å². The van der Waals surface area contributed by atoms with Crippen LogP contribution < -0.4 is 0 Å². The minimum absolute atomic E-state index is 0.414. The Bertz CT molecular complexity index is 2120. The van der Waals surface area contributed by atoms with Crippen LogP contribution in [-0.2, 0) is 5.41 Å². The first kappa shape index (κ1) is 22.5. The molecule has 0 aliphatic heterocycles. The van der Waals surface area contributed by atoms with Crippen molar-refractivity contribution in [3.63, 3.8) is 0 Å². The molecule has 190 valence electrons. The molecule has 2 nitrogen and oxygen atoms in total. The minimum Gasteiger partial charge on any atom is -0.236 e. The number of fused-ring (bicyclic) bond motifs is 11. The first-order valence-electron chi connectivity index (χ1n) is 14.1. The fraction of sp³-hybridized carbons (Fsp3) is 0.0256. The monoisotopic (exact) mass is 520 g/mol. The summed E-state index contributed by atoms with van der Waals surface area (Å²) in [6.07, 6.45) is 2.08. The summed E-state index contributed by atoms with van der Waals surface area (Å²) in [6, 6.07) is 50.1. The third-order valence-corrected chi connectivity index (χ3v) is 8.95. The van der Waals surface area contributed by atoms with Crippen LogP contribution in [0.4, 0.5) is 0 Å². The van der Waals surface area contributed by atoms with Gasteiger partial charge in [-0.15, -0.1) is 0 Å². The number of hydrogen-bond donors (Lipinski definition) is 0. The Kier molecular flexibility index (Phi) is 4.57. The predicted octanol–water partition coefficient (Wildman–Crippen LogP) is 9.31. The maximum Gasteiger partial charge on any atom is 0.159 e. The van der Waals surface area contributed by atoms with E-state index >= 15 is 0 Å². The molecule has 2 heteroatoms. The van der Waals surface area contributed by atoms with Crippen molar-refractivity contribution in [3.8, 4) is 44.9 Å². The van der Waals surface area contributed by atoms with Gasteiger partial charge in [0.2, 0.25) is 0 Å². The fourth-order valence-electron chi connectivity index (χ4n) is 7.28. The third kappa shape index (κ3) is 2.97. The highest BCUT2D eigenvalue weighted by molar-refractivity contribution is 5.97. The van der Waals surface area contributed by atoms with E-state index in [4.69, 9.17) is 9.97 Å². The van der Waals surface area contributed by atoms with Gasteiger partial charge < -0.3 is 0 Å². The molecule has 0 unspecified atom stereocenters. The lowest BCUT2D eigenvalue weighted by Crippen LogP contribution is -2.26. The molecular weight excluding hydrogens is 496 g/mol. The van der Waals surface area contributed by atoms with E-state index in [1.54, 1.807) is 0 Å². The predicted molar refractivity (Wildman–Crippen MR) is 167 cm³/mol. The van der Waals surface area contributed by atoms with Crippen LogP contribution in [0.25, 0.3) is 55.7 Å². The number of nitrogens with zero attached hydrogens (tertiary/aromatic N) is 2. The molecule has 1 spiro atoms. The number of aromatic nitrogens is 2. The molecule has 1 aromatic heterocycles. The second kappa shape index (κ2) is 8.33. The Labute approximate surface area is 238 Å². The topological polar surface area (TPSA) is 25.8 Å². The van der Waals surface area contributed by atoms with E-state index in [1.807, 2.05) is 0 Å². The highest BCUT2D eigenvalue weighted by Crippen LogP contribution is 2.62. The van der Waals surface area contributed by atoms with Gasteiger partial charge in [0.05, 0.1) is 11.1 Å². The zero-order chi connectivity index (χ0) is 27.0. The smallest absolute Gasteiger partial charge is 0.159 e. The SMILES string of the molecule is c1cc(-c2ncc3c(n2)-c2ccccc2C32c3ccccc3-c3ccccc32)cc(-c2cccc3ccccc23)c1. The Morgan fingerprint density at radius 3 is 1.78 bits per heavy atom. The summed E-state index contributed by atoms with van der Waals surface area (Å²) in [7, 11) is 0. The van der Waals surface area contributed by atoms with Crippen molar-refractivity contribution in [3.05, 3.63) is 168 Å². The maximum absolute atomic E-state index is 5.32. The fourth-order valence-corrected chi connectivity index (χ4v) is 7.28. The summed E-state index contributed by atoms with van der Waals surface area (Å²) in [5, 5.41) is 2.49. The molecule has 0 bridgehead atoms. The van der Waals surface area contributed by atoms with Crippen molar-refractivity contribution in [2.45, 2.75) is 5.41 Å². The van der Waals surface area contributed by atoms with Gasteiger partial charge in [0, 0.05) is 22.9 Å². The van der Waals surface area contributed by atoms with Gasteiger partial charge in [-0.3, -0.25) is 0 Å². The number of hydrogen-bond acceptors (Lipinski definition) is 2. The van der Waals surface area contributed by atoms with E-state index in [1.165, 1.54) is 55.3 Å². The summed E-state index contributed by atoms with van der Waals surface area (Å²) in [6.45, 7) is 0. The van der Waals surface area contributed by atoms with E-state index in [0.29, 0.717) is 0 Å². The van der Waals surface area contributed by atoms with Gasteiger partial charge >= 0.3 is 0 Å². The van der Waals surface area contributed by atoms with Crippen molar-refractivity contribution < 1.29 is 0 Å². The molecular formula is C39H24N2. The molecule has 0 saturated carbocycles. The van der Waals surface area contributed by atoms with Crippen LogP contribution in [0.1, 0.15) is 22.3 Å². The largest absolute Gasteiger partial charge is 0.236 e. The van der Waals surface area contributed by atoms with E-state index in [2.05, 4.69) is 146 Å². The van der Waals surface area contributed by atoms with Gasteiger partial charge in [0.1, 0.15) is 0 Å². The zero-order valence-electron chi connectivity index (χ0n) is 22.3. The molecule has 9 rings (SSSR count). The summed E-state index contributed by atoms with van der Waals surface area (Å²) < 4.78 is 0. The normalized spacial score (nSPS) is 13.6. The van der Waals surface area contributed by atoms with E-state index in [9.17, 15) is 0 Å². The molecule has 0 atom stereocenters. The molecule has 0 amide bonds. The average molecular weight is 521 g/mol. The summed E-state index contributed by atoms with van der Waals surface area (Å²) in [5.41, 5.74) is 12.8. The Hall–Kier alpha value is -5.34. The van der Waals surface area contributed by atoms with Crippen LogP contribution in [0.3, 0.4) is 0 Å². The first-order valence-corrected chi connectivity index (χ1v) is 14.1. The van der Waals surface area contributed by atoms with E-state index in [0.717, 1.165) is 22.6 Å². The van der Waals surface area contributed by atoms with Crippen LogP contribution in [-0.4, -0.2) is 9.97 Å². The third-order valence-electron chi connectivity index (χ3n) is 8.95. The molecule has 7 aromatic rings. The van der Waals surface area contributed by atoms with Crippen LogP contribution in [0, 0.1) is 0 Å². The van der Waals surface area contributed by atoms with E-state index < -0.39 is 5.41 Å². The van der Waals surface area contributed by atoms with Crippen LogP contribution >= 0.6 is 0 Å². The quantitative estimate of drug-likeness (QED) is 0.227. The lowest BCUT2D eigenvalue weighted by atomic mass is 9.71. The summed E-state index contributed by atoms with van der Waals surface area (Å²) >= 11 is 0. The van der Waals surface area contributed by atoms with Crippen LogP contribution in [0.2, 0.25) is 0 Å². The van der Waals surface area contributed by atoms with Crippen molar-refractivity contribution >= 4 is 10.8 Å². The van der Waals surface area contributed by atoms with Gasteiger partial charge in [0.25, 0.3) is 0 Å². The number of rotatable bonds is 2. The van der Waals surface area contributed by atoms with Gasteiger partial charge in [-0.1, -0.05) is 133 Å². The standard InChI is InChI=1S/C39H24N2/c1-2-15-28-25(11-1)12-10-19-29(28)26-13-9-14-27(23-26)38-40-24-36-37(41-38)32-18-5-8-22-35(32)39(36)33-20-6-3-16-30(33)31-17-4-7-21-34(31)39/h1-24H. The maximum atomic E-state index is 5.32. The van der Waals surface area contributed by atoms with Crippen LogP contribution in [0.5, 0.6) is 0 Å². The molecule has 2 aliphatic carbocycles. The molecule has 0 fully saturated rings. The summed E-state index contributed by atoms with van der Waals surface area (Å²) in [4.78, 5) is 10.4. The van der Waals surface area contributed by atoms with Crippen LogP contribution in [0.15, 0.2) is 146 Å². The van der Waals surface area contributed by atoms with Crippen molar-refractivity contribution in [2.75, 3.05) is 0 Å². The molecule has 2 aliphatic rings. The lowest BCUT2D eigenvalue weighted by molar-refractivity contribution is 0.785. The van der Waals surface area contributed by atoms with Crippen molar-refractivity contribution in [2.24, 2.45) is 0 Å². The van der Waals surface area contributed by atoms with Gasteiger partial charge in [0.15, 0.2) is 5.82 Å². The van der Waals surface area contributed by atoms with Crippen molar-refractivity contribution in [1.29, 1.82) is 0 Å². The number of benzene rings is 6. The Morgan fingerprint density at radius 2 is 1.00 bits per heavy atom. The minimum atomic E-state index is -0.414.